The minimum atomic E-state index is -0.117. The predicted molar refractivity (Wildman–Crippen MR) is 50.2 cm³/mol. The van der Waals surface area contributed by atoms with Crippen molar-refractivity contribution in [3.63, 3.8) is 0 Å². The van der Waals surface area contributed by atoms with Gasteiger partial charge in [-0.15, -0.1) is 12.4 Å². The van der Waals surface area contributed by atoms with Gasteiger partial charge in [0.15, 0.2) is 0 Å². The normalized spacial score (nSPS) is 8.42. The summed E-state index contributed by atoms with van der Waals surface area (Å²) in [5.41, 5.74) is 5.69. The SMILES string of the molecule is CNNC(=O)c1ccccc1.Cl. The topological polar surface area (TPSA) is 41.1 Å². The number of benzene rings is 1. The molecule has 0 aliphatic heterocycles. The van der Waals surface area contributed by atoms with Crippen molar-refractivity contribution in [1.29, 1.82) is 0 Å². The number of halogens is 1. The highest BCUT2D eigenvalue weighted by Crippen LogP contribution is 1.96. The molecule has 3 nitrogen and oxygen atoms in total. The van der Waals surface area contributed by atoms with Gasteiger partial charge in [0.2, 0.25) is 0 Å². The van der Waals surface area contributed by atoms with Crippen molar-refractivity contribution in [1.82, 2.24) is 10.9 Å². The first kappa shape index (κ1) is 10.9. The Kier molecular flexibility index (Phi) is 5.08. The van der Waals surface area contributed by atoms with E-state index in [0.717, 1.165) is 0 Å². The molecule has 0 bridgehead atoms. The third kappa shape index (κ3) is 2.90. The molecule has 0 aliphatic rings. The van der Waals surface area contributed by atoms with Gasteiger partial charge < -0.3 is 0 Å². The second-order valence-corrected chi connectivity index (χ2v) is 2.07. The van der Waals surface area contributed by atoms with Gasteiger partial charge in [-0.1, -0.05) is 18.2 Å². The lowest BCUT2D eigenvalue weighted by atomic mass is 10.2. The van der Waals surface area contributed by atoms with E-state index in [0.29, 0.717) is 5.56 Å². The molecule has 66 valence electrons. The van der Waals surface area contributed by atoms with Crippen LogP contribution in [-0.2, 0) is 0 Å². The van der Waals surface area contributed by atoms with Crippen LogP contribution in [0.25, 0.3) is 0 Å². The zero-order valence-electron chi connectivity index (χ0n) is 6.70. The molecule has 0 fully saturated rings. The summed E-state index contributed by atoms with van der Waals surface area (Å²) in [5.74, 6) is -0.117. The molecule has 1 aromatic carbocycles. The summed E-state index contributed by atoms with van der Waals surface area (Å²) in [6.45, 7) is 0. The monoisotopic (exact) mass is 186 g/mol. The predicted octanol–water partition coefficient (Wildman–Crippen LogP) is 0.973. The maximum absolute atomic E-state index is 11.1. The molecule has 0 aromatic heterocycles. The van der Waals surface area contributed by atoms with Crippen LogP contribution >= 0.6 is 12.4 Å². The van der Waals surface area contributed by atoms with Gasteiger partial charge in [0.05, 0.1) is 0 Å². The van der Waals surface area contributed by atoms with Crippen LogP contribution in [-0.4, -0.2) is 13.0 Å². The molecule has 1 aromatic rings. The highest BCUT2D eigenvalue weighted by Gasteiger charge is 1.99. The summed E-state index contributed by atoms with van der Waals surface area (Å²) in [6, 6.07) is 9.03. The Morgan fingerprint density at radius 3 is 2.33 bits per heavy atom. The number of carbonyl (C=O) groups is 1. The first-order chi connectivity index (χ1) is 5.34. The van der Waals surface area contributed by atoms with E-state index < -0.39 is 0 Å². The molecule has 0 radical (unpaired) electrons. The van der Waals surface area contributed by atoms with E-state index in [1.807, 2.05) is 18.2 Å². The van der Waals surface area contributed by atoms with E-state index in [2.05, 4.69) is 10.9 Å². The zero-order chi connectivity index (χ0) is 8.10. The molecule has 1 rings (SSSR count). The first-order valence-electron chi connectivity index (χ1n) is 3.36. The molecule has 2 N–H and O–H groups in total. The maximum atomic E-state index is 11.1. The Hall–Kier alpha value is -1.06. The zero-order valence-corrected chi connectivity index (χ0v) is 7.52. The van der Waals surface area contributed by atoms with Crippen molar-refractivity contribution in [2.45, 2.75) is 0 Å². The average Bonchev–Trinajstić information content (AvgIpc) is 2.07. The summed E-state index contributed by atoms with van der Waals surface area (Å²) in [7, 11) is 1.65. The number of rotatable bonds is 2. The minimum Gasteiger partial charge on any atom is -0.288 e. The summed E-state index contributed by atoms with van der Waals surface area (Å²) >= 11 is 0. The van der Waals surface area contributed by atoms with Crippen molar-refractivity contribution < 1.29 is 4.79 Å². The molecule has 0 spiro atoms. The third-order valence-corrected chi connectivity index (χ3v) is 1.27. The number of amides is 1. The third-order valence-electron chi connectivity index (χ3n) is 1.27. The molecule has 1 amide bonds. The van der Waals surface area contributed by atoms with Crippen LogP contribution < -0.4 is 10.9 Å². The number of carbonyl (C=O) groups excluding carboxylic acids is 1. The van der Waals surface area contributed by atoms with Crippen molar-refractivity contribution >= 4 is 18.3 Å². The standard InChI is InChI=1S/C8H10N2O.ClH/c1-9-10-8(11)7-5-3-2-4-6-7;/h2-6,9H,1H3,(H,10,11);1H. The lowest BCUT2D eigenvalue weighted by Gasteiger charge is -2.00. The van der Waals surface area contributed by atoms with Gasteiger partial charge in [0.1, 0.15) is 0 Å². The minimum absolute atomic E-state index is 0. The van der Waals surface area contributed by atoms with E-state index >= 15 is 0 Å². The first-order valence-corrected chi connectivity index (χ1v) is 3.36. The van der Waals surface area contributed by atoms with E-state index in [1.165, 1.54) is 0 Å². The average molecular weight is 187 g/mol. The number of hydrogen-bond donors (Lipinski definition) is 2. The van der Waals surface area contributed by atoms with Crippen LogP contribution in [0.15, 0.2) is 30.3 Å². The highest BCUT2D eigenvalue weighted by atomic mass is 35.5. The molecular formula is C8H11ClN2O. The summed E-state index contributed by atoms with van der Waals surface area (Å²) in [4.78, 5) is 11.1. The van der Waals surface area contributed by atoms with Gasteiger partial charge in [-0.25, -0.2) is 5.43 Å². The number of hydrogen-bond acceptors (Lipinski definition) is 2. The lowest BCUT2D eigenvalue weighted by molar-refractivity contribution is 0.0938. The molecule has 0 unspecified atom stereocenters. The van der Waals surface area contributed by atoms with Gasteiger partial charge >= 0.3 is 0 Å². The fourth-order valence-corrected chi connectivity index (χ4v) is 0.775. The van der Waals surface area contributed by atoms with Crippen LogP contribution in [0.4, 0.5) is 0 Å². The van der Waals surface area contributed by atoms with Gasteiger partial charge in [-0.3, -0.25) is 10.2 Å². The van der Waals surface area contributed by atoms with Crippen LogP contribution in [0.3, 0.4) is 0 Å². The Morgan fingerprint density at radius 1 is 1.25 bits per heavy atom. The van der Waals surface area contributed by atoms with Gasteiger partial charge in [-0.05, 0) is 12.1 Å². The van der Waals surface area contributed by atoms with Crippen LogP contribution in [0.1, 0.15) is 10.4 Å². The quantitative estimate of drug-likeness (QED) is 0.676. The Labute approximate surface area is 77.5 Å². The lowest BCUT2D eigenvalue weighted by Crippen LogP contribution is -2.33. The van der Waals surface area contributed by atoms with Crippen molar-refractivity contribution in [3.8, 4) is 0 Å². The fourth-order valence-electron chi connectivity index (χ4n) is 0.775. The largest absolute Gasteiger partial charge is 0.288 e. The maximum Gasteiger partial charge on any atom is 0.265 e. The Morgan fingerprint density at radius 2 is 1.83 bits per heavy atom. The molecule has 0 aliphatic carbocycles. The summed E-state index contributed by atoms with van der Waals surface area (Å²) < 4.78 is 0. The highest BCUT2D eigenvalue weighted by molar-refractivity contribution is 5.93. The summed E-state index contributed by atoms with van der Waals surface area (Å²) in [6.07, 6.45) is 0. The van der Waals surface area contributed by atoms with Crippen LogP contribution in [0.2, 0.25) is 0 Å². The van der Waals surface area contributed by atoms with Crippen molar-refractivity contribution in [2.24, 2.45) is 0 Å². The van der Waals surface area contributed by atoms with Gasteiger partial charge in [0.25, 0.3) is 5.91 Å². The molecular weight excluding hydrogens is 176 g/mol. The molecule has 0 heterocycles. The van der Waals surface area contributed by atoms with Gasteiger partial charge in [-0.2, -0.15) is 0 Å². The number of hydrazine groups is 1. The summed E-state index contributed by atoms with van der Waals surface area (Å²) in [5, 5.41) is 0. The van der Waals surface area contributed by atoms with Crippen LogP contribution in [0.5, 0.6) is 0 Å². The van der Waals surface area contributed by atoms with Crippen LogP contribution in [0, 0.1) is 0 Å². The van der Waals surface area contributed by atoms with E-state index in [1.54, 1.807) is 19.2 Å². The molecule has 0 atom stereocenters. The van der Waals surface area contributed by atoms with Crippen molar-refractivity contribution in [2.75, 3.05) is 7.05 Å². The second kappa shape index (κ2) is 5.57. The molecule has 0 saturated carbocycles. The van der Waals surface area contributed by atoms with E-state index in [9.17, 15) is 4.79 Å². The van der Waals surface area contributed by atoms with E-state index in [-0.39, 0.29) is 18.3 Å². The van der Waals surface area contributed by atoms with E-state index in [4.69, 9.17) is 0 Å². The van der Waals surface area contributed by atoms with Gasteiger partial charge in [0, 0.05) is 12.6 Å². The fraction of sp³-hybridized carbons (Fsp3) is 0.125. The smallest absolute Gasteiger partial charge is 0.265 e. The second-order valence-electron chi connectivity index (χ2n) is 2.07. The van der Waals surface area contributed by atoms with Crippen molar-refractivity contribution in [3.05, 3.63) is 35.9 Å². The Bertz CT molecular complexity index is 238. The molecule has 4 heteroatoms. The molecule has 0 saturated heterocycles. The molecule has 12 heavy (non-hydrogen) atoms. The number of nitrogens with one attached hydrogen (secondary N) is 2. The Balaban J connectivity index is 0.00000121.